The molecule has 6 nitrogen and oxygen atoms in total. The van der Waals surface area contributed by atoms with E-state index in [1.165, 1.54) is 24.8 Å². The third-order valence-corrected chi connectivity index (χ3v) is 3.36. The van der Waals surface area contributed by atoms with Gasteiger partial charge >= 0.3 is 0 Å². The van der Waals surface area contributed by atoms with E-state index in [1.54, 1.807) is 6.07 Å². The van der Waals surface area contributed by atoms with Gasteiger partial charge in [0.2, 0.25) is 5.82 Å². The molecule has 3 rings (SSSR count). The molecule has 3 aromatic rings. The fourth-order valence-corrected chi connectivity index (χ4v) is 2.14. The van der Waals surface area contributed by atoms with Crippen LogP contribution in [-0.2, 0) is 0 Å². The van der Waals surface area contributed by atoms with E-state index in [0.29, 0.717) is 6.07 Å². The standard InChI is InChI=1S/C18H9F3N4O2/c19-14-2-1-10(6-22)3-13(14)18(26)25-11-4-15(20)17(21)16(5-11)27-12-7-23-9-24-8-12/h1-5,7-9H,(H,25,26). The lowest BCUT2D eigenvalue weighted by Gasteiger charge is -2.11. The Labute approximate surface area is 150 Å². The maximum absolute atomic E-state index is 13.9. The fraction of sp³-hybridized carbons (Fsp3) is 0. The number of hydrogen-bond acceptors (Lipinski definition) is 5. The van der Waals surface area contributed by atoms with Crippen LogP contribution in [0.2, 0.25) is 0 Å². The van der Waals surface area contributed by atoms with Gasteiger partial charge in [-0.25, -0.2) is 18.7 Å². The minimum atomic E-state index is -1.29. The van der Waals surface area contributed by atoms with Gasteiger partial charge in [0.1, 0.15) is 12.1 Å². The molecule has 1 aromatic heterocycles. The molecule has 1 amide bonds. The number of carbonyl (C=O) groups excluding carboxylic acids is 1. The first-order chi connectivity index (χ1) is 13.0. The Morgan fingerprint density at radius 2 is 1.81 bits per heavy atom. The van der Waals surface area contributed by atoms with Gasteiger partial charge in [-0.15, -0.1) is 0 Å². The number of aromatic nitrogens is 2. The van der Waals surface area contributed by atoms with Gasteiger partial charge in [-0.1, -0.05) is 0 Å². The molecular formula is C18H9F3N4O2. The fourth-order valence-electron chi connectivity index (χ4n) is 2.14. The van der Waals surface area contributed by atoms with Gasteiger partial charge in [-0.3, -0.25) is 4.79 Å². The summed E-state index contributed by atoms with van der Waals surface area (Å²) >= 11 is 0. The second-order valence-corrected chi connectivity index (χ2v) is 5.21. The monoisotopic (exact) mass is 370 g/mol. The van der Waals surface area contributed by atoms with Gasteiger partial charge < -0.3 is 10.1 Å². The summed E-state index contributed by atoms with van der Waals surface area (Å²) in [6, 6.07) is 6.73. The van der Waals surface area contributed by atoms with Crippen LogP contribution < -0.4 is 10.1 Å². The van der Waals surface area contributed by atoms with E-state index in [2.05, 4.69) is 15.3 Å². The summed E-state index contributed by atoms with van der Waals surface area (Å²) < 4.78 is 46.8. The SMILES string of the molecule is N#Cc1ccc(F)c(C(=O)Nc2cc(F)c(F)c(Oc3cncnc3)c2)c1. The Bertz CT molecular complexity index is 1050. The van der Waals surface area contributed by atoms with E-state index in [0.717, 1.165) is 18.2 Å². The number of anilines is 1. The number of rotatable bonds is 4. The van der Waals surface area contributed by atoms with Crippen LogP contribution in [0.25, 0.3) is 0 Å². The quantitative estimate of drug-likeness (QED) is 0.755. The molecule has 2 aromatic carbocycles. The van der Waals surface area contributed by atoms with E-state index in [-0.39, 0.29) is 17.0 Å². The highest BCUT2D eigenvalue weighted by Gasteiger charge is 2.17. The van der Waals surface area contributed by atoms with E-state index in [1.807, 2.05) is 0 Å². The Morgan fingerprint density at radius 3 is 2.52 bits per heavy atom. The summed E-state index contributed by atoms with van der Waals surface area (Å²) in [7, 11) is 0. The maximum Gasteiger partial charge on any atom is 0.258 e. The first-order valence-electron chi connectivity index (χ1n) is 7.41. The molecular weight excluding hydrogens is 361 g/mol. The van der Waals surface area contributed by atoms with Crippen LogP contribution >= 0.6 is 0 Å². The number of nitriles is 1. The predicted molar refractivity (Wildman–Crippen MR) is 87.5 cm³/mol. The van der Waals surface area contributed by atoms with Crippen LogP contribution in [0.1, 0.15) is 15.9 Å². The van der Waals surface area contributed by atoms with E-state index in [9.17, 15) is 18.0 Å². The Kier molecular flexibility index (Phi) is 4.99. The van der Waals surface area contributed by atoms with E-state index in [4.69, 9.17) is 10.00 Å². The molecule has 9 heteroatoms. The molecule has 0 saturated heterocycles. The maximum atomic E-state index is 13.9. The van der Waals surface area contributed by atoms with Gasteiger partial charge in [0, 0.05) is 17.8 Å². The van der Waals surface area contributed by atoms with E-state index >= 15 is 0 Å². The molecule has 0 aliphatic rings. The highest BCUT2D eigenvalue weighted by Crippen LogP contribution is 2.29. The molecule has 0 spiro atoms. The van der Waals surface area contributed by atoms with Crippen LogP contribution in [0.3, 0.4) is 0 Å². The largest absolute Gasteiger partial charge is 0.451 e. The number of halogens is 3. The van der Waals surface area contributed by atoms with Gasteiger partial charge in [0.05, 0.1) is 29.6 Å². The highest BCUT2D eigenvalue weighted by atomic mass is 19.2. The Balaban J connectivity index is 1.89. The molecule has 0 fully saturated rings. The Morgan fingerprint density at radius 1 is 1.07 bits per heavy atom. The average molecular weight is 370 g/mol. The predicted octanol–water partition coefficient (Wildman–Crippen LogP) is 3.81. The number of nitrogens with one attached hydrogen (secondary N) is 1. The van der Waals surface area contributed by atoms with Gasteiger partial charge in [0.25, 0.3) is 5.91 Å². The topological polar surface area (TPSA) is 87.9 Å². The number of carbonyl (C=O) groups is 1. The highest BCUT2D eigenvalue weighted by molar-refractivity contribution is 6.04. The molecule has 0 unspecified atom stereocenters. The van der Waals surface area contributed by atoms with E-state index < -0.39 is 34.7 Å². The summed E-state index contributed by atoms with van der Waals surface area (Å²) in [5.41, 5.74) is -0.523. The summed E-state index contributed by atoms with van der Waals surface area (Å²) in [5.74, 6) is -4.85. The van der Waals surface area contributed by atoms with Crippen molar-refractivity contribution in [1.29, 1.82) is 5.26 Å². The van der Waals surface area contributed by atoms with Crippen molar-refractivity contribution in [1.82, 2.24) is 9.97 Å². The van der Waals surface area contributed by atoms with Crippen LogP contribution in [-0.4, -0.2) is 15.9 Å². The number of ether oxygens (including phenoxy) is 1. The lowest BCUT2D eigenvalue weighted by Crippen LogP contribution is -2.14. The number of nitrogens with zero attached hydrogens (tertiary/aromatic N) is 3. The molecule has 0 bridgehead atoms. The summed E-state index contributed by atoms with van der Waals surface area (Å²) in [4.78, 5) is 19.6. The second-order valence-electron chi connectivity index (χ2n) is 5.21. The zero-order chi connectivity index (χ0) is 19.4. The van der Waals surface area contributed by atoms with Gasteiger partial charge in [0.15, 0.2) is 17.3 Å². The third-order valence-electron chi connectivity index (χ3n) is 3.36. The van der Waals surface area contributed by atoms with Crippen LogP contribution in [0.5, 0.6) is 11.5 Å². The van der Waals surface area contributed by atoms with Crippen LogP contribution in [0.4, 0.5) is 18.9 Å². The summed E-state index contributed by atoms with van der Waals surface area (Å²) in [5, 5.41) is 11.1. The molecule has 1 heterocycles. The normalized spacial score (nSPS) is 10.1. The first kappa shape index (κ1) is 17.9. The van der Waals surface area contributed by atoms with Gasteiger partial charge in [-0.05, 0) is 18.2 Å². The van der Waals surface area contributed by atoms with Crippen molar-refractivity contribution >= 4 is 11.6 Å². The summed E-state index contributed by atoms with van der Waals surface area (Å²) in [6.45, 7) is 0. The Hall–Kier alpha value is -3.93. The third kappa shape index (κ3) is 4.01. The molecule has 0 saturated carbocycles. The van der Waals surface area contributed by atoms with Crippen molar-refractivity contribution in [3.8, 4) is 17.6 Å². The lowest BCUT2D eigenvalue weighted by atomic mass is 10.1. The molecule has 27 heavy (non-hydrogen) atoms. The molecule has 0 radical (unpaired) electrons. The van der Waals surface area contributed by atoms with Crippen molar-refractivity contribution in [3.63, 3.8) is 0 Å². The average Bonchev–Trinajstić information content (AvgIpc) is 2.67. The van der Waals surface area contributed by atoms with Crippen molar-refractivity contribution < 1.29 is 22.7 Å². The minimum absolute atomic E-state index is 0.0482. The lowest BCUT2D eigenvalue weighted by molar-refractivity contribution is 0.102. The van der Waals surface area contributed by atoms with Crippen LogP contribution in [0, 0.1) is 28.8 Å². The second kappa shape index (κ2) is 7.53. The molecule has 0 aliphatic heterocycles. The molecule has 0 atom stereocenters. The van der Waals surface area contributed by atoms with Crippen molar-refractivity contribution in [2.45, 2.75) is 0 Å². The number of amides is 1. The first-order valence-corrected chi connectivity index (χ1v) is 7.41. The van der Waals surface area contributed by atoms with Crippen LogP contribution in [0.15, 0.2) is 49.1 Å². The summed E-state index contributed by atoms with van der Waals surface area (Å²) in [6.07, 6.45) is 3.70. The molecule has 134 valence electrons. The smallest absolute Gasteiger partial charge is 0.258 e. The van der Waals surface area contributed by atoms with Crippen molar-refractivity contribution in [2.75, 3.05) is 5.32 Å². The number of benzene rings is 2. The molecule has 1 N–H and O–H groups in total. The zero-order valence-electron chi connectivity index (χ0n) is 13.4. The van der Waals surface area contributed by atoms with Crippen molar-refractivity contribution in [3.05, 3.63) is 77.6 Å². The zero-order valence-corrected chi connectivity index (χ0v) is 13.4. The molecule has 0 aliphatic carbocycles. The van der Waals surface area contributed by atoms with Crippen molar-refractivity contribution in [2.24, 2.45) is 0 Å². The van der Waals surface area contributed by atoms with Gasteiger partial charge in [-0.2, -0.15) is 9.65 Å². The number of hydrogen-bond donors (Lipinski definition) is 1. The minimum Gasteiger partial charge on any atom is -0.451 e.